The summed E-state index contributed by atoms with van der Waals surface area (Å²) in [6.45, 7) is 2.80. The van der Waals surface area contributed by atoms with Crippen LogP contribution in [0.4, 0.5) is 13.2 Å². The Kier molecular flexibility index (Phi) is 4.37. The first-order valence-electron chi connectivity index (χ1n) is 8.82. The molecule has 1 aliphatic carbocycles. The third-order valence-electron chi connectivity index (χ3n) is 4.87. The third kappa shape index (κ3) is 3.13. The van der Waals surface area contributed by atoms with Gasteiger partial charge in [-0.15, -0.1) is 0 Å². The Hall–Kier alpha value is -2.55. The molecule has 0 unspecified atom stereocenters. The maximum Gasteiger partial charge on any atom is 0.536 e. The second-order valence-corrected chi connectivity index (χ2v) is 8.24. The van der Waals surface area contributed by atoms with Gasteiger partial charge in [-0.25, -0.2) is 0 Å². The normalized spacial score (nSPS) is 16.1. The number of oxime groups is 1. The molecule has 148 valence electrons. The highest BCUT2D eigenvalue weighted by Crippen LogP contribution is 2.36. The second-order valence-electron chi connectivity index (χ2n) is 6.72. The lowest BCUT2D eigenvalue weighted by Gasteiger charge is -2.09. The molecule has 3 aromatic rings. The molecule has 28 heavy (non-hydrogen) atoms. The monoisotopic (exact) mass is 410 g/mol. The molecule has 1 aromatic heterocycles. The van der Waals surface area contributed by atoms with Crippen molar-refractivity contribution in [2.75, 3.05) is 0 Å². The van der Waals surface area contributed by atoms with E-state index in [1.54, 1.807) is 6.07 Å². The van der Waals surface area contributed by atoms with Crippen molar-refractivity contribution in [2.45, 2.75) is 31.8 Å². The first-order valence-corrected chi connectivity index (χ1v) is 10.2. The molecule has 0 saturated heterocycles. The van der Waals surface area contributed by atoms with Crippen LogP contribution < -0.4 is 0 Å². The largest absolute Gasteiger partial charge is 0.536 e. The molecule has 5 nitrogen and oxygen atoms in total. The van der Waals surface area contributed by atoms with Crippen LogP contribution in [-0.2, 0) is 20.9 Å². The maximum absolute atomic E-state index is 12.5. The second kappa shape index (κ2) is 6.51. The van der Waals surface area contributed by atoms with E-state index in [1.807, 2.05) is 43.3 Å². The highest BCUT2D eigenvalue weighted by Gasteiger charge is 2.49. The van der Waals surface area contributed by atoms with Gasteiger partial charge in [-0.3, -0.25) is 4.28 Å². The van der Waals surface area contributed by atoms with Crippen LogP contribution in [-0.4, -0.2) is 24.2 Å². The van der Waals surface area contributed by atoms with Crippen LogP contribution in [0.15, 0.2) is 47.6 Å². The number of benzene rings is 2. The number of rotatable bonds is 5. The highest BCUT2D eigenvalue weighted by molar-refractivity contribution is 7.87. The average Bonchev–Trinajstić information content (AvgIpc) is 3.43. The predicted octanol–water partition coefficient (Wildman–Crippen LogP) is 4.79. The average molecular weight is 410 g/mol. The van der Waals surface area contributed by atoms with E-state index in [-0.39, 0.29) is 11.6 Å². The van der Waals surface area contributed by atoms with Crippen molar-refractivity contribution in [3.63, 3.8) is 0 Å². The summed E-state index contributed by atoms with van der Waals surface area (Å²) in [5, 5.41) is 5.36. The summed E-state index contributed by atoms with van der Waals surface area (Å²) in [6.07, 6.45) is 1.45. The molecule has 0 radical (unpaired) electrons. The van der Waals surface area contributed by atoms with Gasteiger partial charge in [-0.1, -0.05) is 29.4 Å². The lowest BCUT2D eigenvalue weighted by molar-refractivity contribution is -0.0541. The van der Waals surface area contributed by atoms with E-state index in [4.69, 9.17) is 0 Å². The van der Waals surface area contributed by atoms with Crippen LogP contribution in [0.25, 0.3) is 21.8 Å². The van der Waals surface area contributed by atoms with Gasteiger partial charge in [0.05, 0.1) is 5.71 Å². The highest BCUT2D eigenvalue weighted by atomic mass is 32.2. The summed E-state index contributed by atoms with van der Waals surface area (Å²) in [5.74, 6) is -0.111. The number of hydrogen-bond donors (Lipinski definition) is 0. The van der Waals surface area contributed by atoms with E-state index in [9.17, 15) is 21.6 Å². The van der Waals surface area contributed by atoms with Gasteiger partial charge in [0.15, 0.2) is 0 Å². The molecular weight excluding hydrogens is 393 g/mol. The number of alkyl halides is 3. The molecule has 1 aliphatic rings. The quantitative estimate of drug-likeness (QED) is 0.345. The van der Waals surface area contributed by atoms with Gasteiger partial charge < -0.3 is 4.57 Å². The zero-order chi connectivity index (χ0) is 20.1. The molecule has 1 heterocycles. The summed E-state index contributed by atoms with van der Waals surface area (Å²) in [6, 6.07) is 13.3. The minimum absolute atomic E-state index is 0.111. The molecule has 4 rings (SSSR count). The fraction of sp³-hybridized carbons (Fsp3) is 0.316. The Labute approximate surface area is 159 Å². The molecule has 2 aromatic carbocycles. The number of nitrogens with zero attached hydrogens (tertiary/aromatic N) is 2. The van der Waals surface area contributed by atoms with Crippen molar-refractivity contribution >= 4 is 37.6 Å². The fourth-order valence-corrected chi connectivity index (χ4v) is 3.67. The number of para-hydroxylation sites is 1. The van der Waals surface area contributed by atoms with E-state index in [1.165, 1.54) is 0 Å². The lowest BCUT2D eigenvalue weighted by atomic mass is 10.0. The van der Waals surface area contributed by atoms with Gasteiger partial charge in [0, 0.05) is 39.8 Å². The van der Waals surface area contributed by atoms with Crippen LogP contribution in [0.2, 0.25) is 0 Å². The van der Waals surface area contributed by atoms with Gasteiger partial charge in [0.1, 0.15) is 0 Å². The predicted molar refractivity (Wildman–Crippen MR) is 100 cm³/mol. The Morgan fingerprint density at radius 3 is 2.46 bits per heavy atom. The number of halogens is 3. The summed E-state index contributed by atoms with van der Waals surface area (Å²) in [4.78, 5) is 0. The van der Waals surface area contributed by atoms with Crippen LogP contribution in [0.1, 0.15) is 25.3 Å². The van der Waals surface area contributed by atoms with Gasteiger partial charge >= 0.3 is 15.6 Å². The number of aromatic nitrogens is 1. The van der Waals surface area contributed by atoms with Crippen molar-refractivity contribution in [1.29, 1.82) is 0 Å². The van der Waals surface area contributed by atoms with Crippen LogP contribution >= 0.6 is 0 Å². The molecular formula is C19H17F3N2O3S. The van der Waals surface area contributed by atoms with E-state index in [0.29, 0.717) is 5.56 Å². The zero-order valence-corrected chi connectivity index (χ0v) is 15.7. The molecule has 0 spiro atoms. The van der Waals surface area contributed by atoms with Gasteiger partial charge in [-0.05, 0) is 38.0 Å². The van der Waals surface area contributed by atoms with E-state index in [0.717, 1.165) is 41.2 Å². The molecule has 0 aliphatic heterocycles. The first kappa shape index (κ1) is 18.8. The molecule has 0 N–H and O–H groups in total. The van der Waals surface area contributed by atoms with E-state index < -0.39 is 15.6 Å². The number of fused-ring (bicyclic) bond motifs is 3. The van der Waals surface area contributed by atoms with Gasteiger partial charge in [0.2, 0.25) is 0 Å². The lowest BCUT2D eigenvalue weighted by Crippen LogP contribution is -2.24. The summed E-state index contributed by atoms with van der Waals surface area (Å²) in [7, 11) is -5.78. The molecule has 1 saturated carbocycles. The Morgan fingerprint density at radius 1 is 1.14 bits per heavy atom. The molecule has 0 bridgehead atoms. The van der Waals surface area contributed by atoms with Crippen LogP contribution in [0.3, 0.4) is 0 Å². The topological polar surface area (TPSA) is 60.7 Å². The van der Waals surface area contributed by atoms with Gasteiger partial charge in [-0.2, -0.15) is 21.6 Å². The SMILES string of the molecule is CCn1c2ccccc2c2cc(C(=NOS(=O)(=O)C(F)(F)F)C3CC3)ccc21. The molecule has 0 amide bonds. The van der Waals surface area contributed by atoms with Crippen LogP contribution in [0.5, 0.6) is 0 Å². The number of aryl methyl sites for hydroxylation is 1. The fourth-order valence-electron chi connectivity index (χ4n) is 3.40. The minimum atomic E-state index is -5.78. The van der Waals surface area contributed by atoms with Crippen molar-refractivity contribution in [3.8, 4) is 0 Å². The zero-order valence-electron chi connectivity index (χ0n) is 14.9. The number of hydrogen-bond acceptors (Lipinski definition) is 4. The Balaban J connectivity index is 1.82. The smallest absolute Gasteiger partial charge is 0.341 e. The summed E-state index contributed by atoms with van der Waals surface area (Å²) >= 11 is 0. The molecule has 0 atom stereocenters. The standard InChI is InChI=1S/C19H17F3N2O3S/c1-2-24-16-6-4-3-5-14(16)15-11-13(9-10-17(15)24)18(12-7-8-12)23-27-28(25,26)19(20,21)22/h3-6,9-12H,2,7-8H2,1H3. The first-order chi connectivity index (χ1) is 13.2. The Morgan fingerprint density at radius 2 is 1.82 bits per heavy atom. The summed E-state index contributed by atoms with van der Waals surface area (Å²) < 4.78 is 66.1. The third-order valence-corrected chi connectivity index (χ3v) is 5.70. The van der Waals surface area contributed by atoms with Crippen molar-refractivity contribution in [1.82, 2.24) is 4.57 Å². The maximum atomic E-state index is 12.5. The summed E-state index contributed by atoms with van der Waals surface area (Å²) in [5.41, 5.74) is -2.68. The van der Waals surface area contributed by atoms with Gasteiger partial charge in [0.25, 0.3) is 0 Å². The Bertz CT molecular complexity index is 1190. The van der Waals surface area contributed by atoms with Crippen molar-refractivity contribution in [3.05, 3.63) is 48.0 Å². The van der Waals surface area contributed by atoms with Crippen molar-refractivity contribution in [2.24, 2.45) is 11.1 Å². The molecule has 1 fully saturated rings. The van der Waals surface area contributed by atoms with E-state index in [2.05, 4.69) is 14.0 Å². The minimum Gasteiger partial charge on any atom is -0.341 e. The van der Waals surface area contributed by atoms with E-state index >= 15 is 0 Å². The van der Waals surface area contributed by atoms with Crippen LogP contribution in [0, 0.1) is 5.92 Å². The molecule has 9 heteroatoms. The van der Waals surface area contributed by atoms with Crippen molar-refractivity contribution < 1.29 is 25.9 Å².